The molecule has 100 valence electrons. The molecule has 0 atom stereocenters. The first-order valence-corrected chi connectivity index (χ1v) is 6.09. The maximum absolute atomic E-state index is 11.9. The highest BCUT2D eigenvalue weighted by atomic mass is 16.2. The fraction of sp³-hybridized carbons (Fsp3) is 0.308. The summed E-state index contributed by atoms with van der Waals surface area (Å²) in [6, 6.07) is 5.56. The Morgan fingerprint density at radius 2 is 2.26 bits per heavy atom. The van der Waals surface area contributed by atoms with Crippen molar-refractivity contribution in [3.63, 3.8) is 0 Å². The van der Waals surface area contributed by atoms with Crippen LogP contribution in [0.3, 0.4) is 0 Å². The third-order valence-electron chi connectivity index (χ3n) is 2.64. The zero-order chi connectivity index (χ0) is 13.7. The Morgan fingerprint density at radius 1 is 1.42 bits per heavy atom. The molecule has 0 saturated carbocycles. The Labute approximate surface area is 111 Å². The summed E-state index contributed by atoms with van der Waals surface area (Å²) in [4.78, 5) is 15.9. The fourth-order valence-corrected chi connectivity index (χ4v) is 1.76. The smallest absolute Gasteiger partial charge is 0.269 e. The Balaban J connectivity index is 1.77. The lowest BCUT2D eigenvalue weighted by molar-refractivity contribution is 0.0946. The largest absolute Gasteiger partial charge is 0.382 e. The Kier molecular flexibility index (Phi) is 4.12. The Bertz CT molecular complexity index is 549. The highest BCUT2D eigenvalue weighted by Gasteiger charge is 2.10. The predicted octanol–water partition coefficient (Wildman–Crippen LogP) is 0.965. The molecule has 0 bridgehead atoms. The summed E-state index contributed by atoms with van der Waals surface area (Å²) in [5, 5.41) is 10.2. The summed E-state index contributed by atoms with van der Waals surface area (Å²) in [7, 11) is 1.76. The highest BCUT2D eigenvalue weighted by Crippen LogP contribution is 2.02. The molecule has 0 saturated heterocycles. The van der Waals surface area contributed by atoms with Gasteiger partial charge in [-0.15, -0.1) is 0 Å². The first kappa shape index (κ1) is 13.1. The van der Waals surface area contributed by atoms with E-state index < -0.39 is 0 Å². The molecule has 2 aromatic rings. The third-order valence-corrected chi connectivity index (χ3v) is 2.64. The standard InChI is InChI=1S/C13H17N5O/c1-10-8-12(18(2)17-10)13(19)16-7-6-15-11-4-3-5-14-9-11/h3-5,8-9,15H,6-7H2,1-2H3,(H,16,19). The fourth-order valence-electron chi connectivity index (χ4n) is 1.76. The summed E-state index contributed by atoms with van der Waals surface area (Å²) in [5.41, 5.74) is 2.34. The predicted molar refractivity (Wildman–Crippen MR) is 73.0 cm³/mol. The van der Waals surface area contributed by atoms with Gasteiger partial charge in [0.25, 0.3) is 5.91 Å². The van der Waals surface area contributed by atoms with Gasteiger partial charge in [0.15, 0.2) is 0 Å². The molecule has 2 aromatic heterocycles. The van der Waals surface area contributed by atoms with E-state index in [9.17, 15) is 4.79 Å². The van der Waals surface area contributed by atoms with Gasteiger partial charge in [-0.2, -0.15) is 5.10 Å². The normalized spacial score (nSPS) is 10.2. The number of anilines is 1. The van der Waals surface area contributed by atoms with E-state index in [-0.39, 0.29) is 5.91 Å². The van der Waals surface area contributed by atoms with Crippen LogP contribution in [0, 0.1) is 6.92 Å². The molecule has 0 aliphatic carbocycles. The van der Waals surface area contributed by atoms with Crippen molar-refractivity contribution in [1.82, 2.24) is 20.1 Å². The summed E-state index contributed by atoms with van der Waals surface area (Å²) < 4.78 is 1.58. The molecule has 6 nitrogen and oxygen atoms in total. The summed E-state index contributed by atoms with van der Waals surface area (Å²) in [6.07, 6.45) is 3.46. The van der Waals surface area contributed by atoms with Crippen molar-refractivity contribution in [2.24, 2.45) is 7.05 Å². The van der Waals surface area contributed by atoms with E-state index in [2.05, 4.69) is 20.7 Å². The summed E-state index contributed by atoms with van der Waals surface area (Å²) in [5.74, 6) is -0.115. The van der Waals surface area contributed by atoms with Crippen LogP contribution in [0.5, 0.6) is 0 Å². The maximum atomic E-state index is 11.9. The number of carbonyl (C=O) groups excluding carboxylic acids is 1. The molecular formula is C13H17N5O. The van der Waals surface area contributed by atoms with Gasteiger partial charge in [-0.3, -0.25) is 14.5 Å². The number of hydrogen-bond acceptors (Lipinski definition) is 4. The molecule has 2 N–H and O–H groups in total. The summed E-state index contributed by atoms with van der Waals surface area (Å²) in [6.45, 7) is 3.05. The van der Waals surface area contributed by atoms with Crippen LogP contribution in [0.2, 0.25) is 0 Å². The molecule has 19 heavy (non-hydrogen) atoms. The molecule has 0 fully saturated rings. The first-order chi connectivity index (χ1) is 9.16. The van der Waals surface area contributed by atoms with E-state index in [0.29, 0.717) is 18.8 Å². The van der Waals surface area contributed by atoms with Crippen molar-refractivity contribution in [1.29, 1.82) is 0 Å². The average molecular weight is 259 g/mol. The van der Waals surface area contributed by atoms with Crippen LogP contribution >= 0.6 is 0 Å². The Hall–Kier alpha value is -2.37. The number of carbonyl (C=O) groups is 1. The number of rotatable bonds is 5. The van der Waals surface area contributed by atoms with Gasteiger partial charge >= 0.3 is 0 Å². The van der Waals surface area contributed by atoms with Crippen molar-refractivity contribution in [3.8, 4) is 0 Å². The van der Waals surface area contributed by atoms with Gasteiger partial charge in [-0.05, 0) is 25.1 Å². The monoisotopic (exact) mass is 259 g/mol. The Morgan fingerprint density at radius 3 is 2.89 bits per heavy atom. The van der Waals surface area contributed by atoms with Crippen molar-refractivity contribution < 1.29 is 4.79 Å². The second-order valence-electron chi connectivity index (χ2n) is 4.22. The highest BCUT2D eigenvalue weighted by molar-refractivity contribution is 5.92. The molecule has 2 rings (SSSR count). The first-order valence-electron chi connectivity index (χ1n) is 6.09. The zero-order valence-electron chi connectivity index (χ0n) is 11.1. The molecule has 0 unspecified atom stereocenters. The second kappa shape index (κ2) is 5.99. The molecule has 1 amide bonds. The van der Waals surface area contributed by atoms with Crippen LogP contribution < -0.4 is 10.6 Å². The van der Waals surface area contributed by atoms with Crippen molar-refractivity contribution >= 4 is 11.6 Å². The molecule has 0 radical (unpaired) electrons. The SMILES string of the molecule is Cc1cc(C(=O)NCCNc2cccnc2)n(C)n1. The van der Waals surface area contributed by atoms with Gasteiger partial charge in [0.05, 0.1) is 11.4 Å². The zero-order valence-corrected chi connectivity index (χ0v) is 11.1. The number of hydrogen-bond donors (Lipinski definition) is 2. The molecule has 0 aliphatic heterocycles. The van der Waals surface area contributed by atoms with Gasteiger partial charge in [-0.1, -0.05) is 0 Å². The number of pyridine rings is 1. The van der Waals surface area contributed by atoms with E-state index in [1.807, 2.05) is 19.1 Å². The van der Waals surface area contributed by atoms with Crippen LogP contribution in [-0.4, -0.2) is 33.8 Å². The van der Waals surface area contributed by atoms with Crippen molar-refractivity contribution in [2.45, 2.75) is 6.92 Å². The lowest BCUT2D eigenvalue weighted by Gasteiger charge is -2.07. The molecule has 2 heterocycles. The van der Waals surface area contributed by atoms with Crippen molar-refractivity contribution in [2.75, 3.05) is 18.4 Å². The molecule has 0 aromatic carbocycles. The lowest BCUT2D eigenvalue weighted by atomic mass is 10.3. The van der Waals surface area contributed by atoms with E-state index in [1.165, 1.54) is 0 Å². The number of nitrogens with one attached hydrogen (secondary N) is 2. The van der Waals surface area contributed by atoms with Gasteiger partial charge in [-0.25, -0.2) is 0 Å². The molecule has 6 heteroatoms. The van der Waals surface area contributed by atoms with Gasteiger partial charge in [0, 0.05) is 32.5 Å². The lowest BCUT2D eigenvalue weighted by Crippen LogP contribution is -2.30. The summed E-state index contributed by atoms with van der Waals surface area (Å²) >= 11 is 0. The van der Waals surface area contributed by atoms with Crippen LogP contribution in [0.15, 0.2) is 30.6 Å². The minimum atomic E-state index is -0.115. The number of aryl methyl sites for hydroxylation is 2. The number of aromatic nitrogens is 3. The quantitative estimate of drug-likeness (QED) is 0.785. The third kappa shape index (κ3) is 3.54. The van der Waals surface area contributed by atoms with Gasteiger partial charge in [0.2, 0.25) is 0 Å². The molecule has 0 aliphatic rings. The van der Waals surface area contributed by atoms with E-state index >= 15 is 0 Å². The van der Waals surface area contributed by atoms with Crippen LogP contribution in [-0.2, 0) is 7.05 Å². The number of nitrogens with zero attached hydrogens (tertiary/aromatic N) is 3. The van der Waals surface area contributed by atoms with Gasteiger partial charge in [0.1, 0.15) is 5.69 Å². The maximum Gasteiger partial charge on any atom is 0.269 e. The van der Waals surface area contributed by atoms with E-state index in [0.717, 1.165) is 11.4 Å². The second-order valence-corrected chi connectivity index (χ2v) is 4.22. The number of amides is 1. The average Bonchev–Trinajstić information content (AvgIpc) is 2.75. The van der Waals surface area contributed by atoms with E-state index in [1.54, 1.807) is 30.2 Å². The van der Waals surface area contributed by atoms with Gasteiger partial charge < -0.3 is 10.6 Å². The van der Waals surface area contributed by atoms with Crippen LogP contribution in [0.1, 0.15) is 16.2 Å². The van der Waals surface area contributed by atoms with Crippen LogP contribution in [0.4, 0.5) is 5.69 Å². The minimum absolute atomic E-state index is 0.115. The van der Waals surface area contributed by atoms with E-state index in [4.69, 9.17) is 0 Å². The van der Waals surface area contributed by atoms with Crippen molar-refractivity contribution in [3.05, 3.63) is 42.0 Å². The van der Waals surface area contributed by atoms with Crippen LogP contribution in [0.25, 0.3) is 0 Å². The molecule has 0 spiro atoms. The molecular weight excluding hydrogens is 242 g/mol. The topological polar surface area (TPSA) is 71.8 Å². The minimum Gasteiger partial charge on any atom is -0.382 e.